The molecule has 114 valence electrons. The number of carbonyl (C=O) groups is 2. The van der Waals surface area contributed by atoms with Crippen molar-refractivity contribution in [1.29, 1.82) is 0 Å². The van der Waals surface area contributed by atoms with Gasteiger partial charge in [-0.25, -0.2) is 4.79 Å². The lowest BCUT2D eigenvalue weighted by molar-refractivity contribution is -0.122. The van der Waals surface area contributed by atoms with Crippen LogP contribution in [0.3, 0.4) is 0 Å². The number of carbonyl (C=O) groups excluding carboxylic acids is 2. The first-order valence-corrected chi connectivity index (χ1v) is 7.08. The molecule has 0 aliphatic carbocycles. The highest BCUT2D eigenvalue weighted by atomic mass is 16.6. The zero-order valence-corrected chi connectivity index (χ0v) is 12.1. The molecule has 1 saturated heterocycles. The second kappa shape index (κ2) is 7.08. The van der Waals surface area contributed by atoms with Gasteiger partial charge in [0.05, 0.1) is 6.04 Å². The maximum absolute atomic E-state index is 12.0. The molecule has 21 heavy (non-hydrogen) atoms. The smallest absolute Gasteiger partial charge is 0.410 e. The molecule has 2 rings (SSSR count). The minimum Gasteiger partial charge on any atom is -0.445 e. The number of nitrogens with two attached hydrogens (primary N) is 1. The lowest BCUT2D eigenvalue weighted by atomic mass is 10.2. The van der Waals surface area contributed by atoms with Gasteiger partial charge < -0.3 is 20.7 Å². The highest BCUT2D eigenvalue weighted by Gasteiger charge is 2.28. The summed E-state index contributed by atoms with van der Waals surface area (Å²) in [5.41, 5.74) is 6.45. The largest absolute Gasteiger partial charge is 0.445 e. The first kappa shape index (κ1) is 15.3. The third kappa shape index (κ3) is 4.46. The number of ether oxygens (including phenoxy) is 1. The molecular weight excluding hydrogens is 270 g/mol. The Kier molecular flexibility index (Phi) is 5.16. The Bertz CT molecular complexity index is 490. The van der Waals surface area contributed by atoms with Crippen LogP contribution in [0.1, 0.15) is 18.9 Å². The van der Waals surface area contributed by atoms with Crippen molar-refractivity contribution in [2.75, 3.05) is 13.1 Å². The van der Waals surface area contributed by atoms with Gasteiger partial charge in [0.15, 0.2) is 0 Å². The van der Waals surface area contributed by atoms with Gasteiger partial charge in [-0.05, 0) is 18.9 Å². The van der Waals surface area contributed by atoms with Crippen LogP contribution in [0.5, 0.6) is 0 Å². The molecule has 0 radical (unpaired) electrons. The first-order valence-electron chi connectivity index (χ1n) is 7.08. The van der Waals surface area contributed by atoms with E-state index in [1.807, 2.05) is 30.3 Å². The zero-order chi connectivity index (χ0) is 15.2. The summed E-state index contributed by atoms with van der Waals surface area (Å²) in [5.74, 6) is -0.195. The van der Waals surface area contributed by atoms with Gasteiger partial charge in [0.1, 0.15) is 6.61 Å². The minimum absolute atomic E-state index is 0.0484. The van der Waals surface area contributed by atoms with Crippen LogP contribution in [0, 0.1) is 0 Å². The van der Waals surface area contributed by atoms with Gasteiger partial charge in [-0.15, -0.1) is 0 Å². The van der Waals surface area contributed by atoms with E-state index in [4.69, 9.17) is 10.5 Å². The molecule has 0 bridgehead atoms. The van der Waals surface area contributed by atoms with E-state index in [1.54, 1.807) is 11.8 Å². The Labute approximate surface area is 124 Å². The number of hydrogen-bond acceptors (Lipinski definition) is 4. The molecule has 1 aliphatic rings. The van der Waals surface area contributed by atoms with Crippen LogP contribution in [0.15, 0.2) is 30.3 Å². The molecule has 2 amide bonds. The normalized spacial score (nSPS) is 19.1. The van der Waals surface area contributed by atoms with Crippen LogP contribution in [-0.4, -0.2) is 42.1 Å². The van der Waals surface area contributed by atoms with Crippen molar-refractivity contribution in [1.82, 2.24) is 10.2 Å². The predicted octanol–water partition coefficient (Wildman–Crippen LogP) is 0.861. The fourth-order valence-electron chi connectivity index (χ4n) is 2.19. The number of likely N-dealkylation sites (tertiary alicyclic amines) is 1. The van der Waals surface area contributed by atoms with Crippen molar-refractivity contribution >= 4 is 12.0 Å². The van der Waals surface area contributed by atoms with Crippen LogP contribution >= 0.6 is 0 Å². The Morgan fingerprint density at radius 1 is 1.43 bits per heavy atom. The Morgan fingerprint density at radius 3 is 2.81 bits per heavy atom. The molecule has 1 heterocycles. The highest BCUT2D eigenvalue weighted by molar-refractivity contribution is 5.81. The summed E-state index contributed by atoms with van der Waals surface area (Å²) in [6, 6.07) is 8.94. The minimum atomic E-state index is -0.538. The van der Waals surface area contributed by atoms with Crippen molar-refractivity contribution in [3.05, 3.63) is 35.9 Å². The van der Waals surface area contributed by atoms with Crippen molar-refractivity contribution in [2.24, 2.45) is 5.73 Å². The number of nitrogens with zero attached hydrogens (tertiary/aromatic N) is 1. The lowest BCUT2D eigenvalue weighted by Gasteiger charge is -2.17. The average molecular weight is 291 g/mol. The van der Waals surface area contributed by atoms with Crippen LogP contribution in [0.2, 0.25) is 0 Å². The highest BCUT2D eigenvalue weighted by Crippen LogP contribution is 2.12. The van der Waals surface area contributed by atoms with Crippen molar-refractivity contribution in [3.63, 3.8) is 0 Å². The molecule has 1 aliphatic heterocycles. The predicted molar refractivity (Wildman–Crippen MR) is 78.4 cm³/mol. The van der Waals surface area contributed by atoms with Crippen LogP contribution in [0.4, 0.5) is 4.79 Å². The first-order chi connectivity index (χ1) is 10.1. The van der Waals surface area contributed by atoms with Gasteiger partial charge in [0.25, 0.3) is 0 Å². The van der Waals surface area contributed by atoms with Crippen LogP contribution < -0.4 is 11.1 Å². The zero-order valence-electron chi connectivity index (χ0n) is 12.1. The summed E-state index contributed by atoms with van der Waals surface area (Å²) in [6.07, 6.45) is 0.371. The summed E-state index contributed by atoms with van der Waals surface area (Å²) in [4.78, 5) is 25.1. The lowest BCUT2D eigenvalue weighted by Crippen LogP contribution is -2.45. The third-order valence-electron chi connectivity index (χ3n) is 3.41. The molecule has 1 aromatic carbocycles. The van der Waals surface area contributed by atoms with E-state index in [-0.39, 0.29) is 24.6 Å². The van der Waals surface area contributed by atoms with Crippen LogP contribution in [0.25, 0.3) is 0 Å². The number of rotatable bonds is 4. The van der Waals surface area contributed by atoms with Gasteiger partial charge in [0.2, 0.25) is 5.91 Å². The van der Waals surface area contributed by atoms with Gasteiger partial charge in [-0.2, -0.15) is 0 Å². The number of benzene rings is 1. The summed E-state index contributed by atoms with van der Waals surface area (Å²) >= 11 is 0. The van der Waals surface area contributed by atoms with Crippen molar-refractivity contribution < 1.29 is 14.3 Å². The quantitative estimate of drug-likeness (QED) is 0.861. The molecule has 1 fully saturated rings. The second-order valence-corrected chi connectivity index (χ2v) is 5.27. The van der Waals surface area contributed by atoms with Gasteiger partial charge in [-0.3, -0.25) is 4.79 Å². The monoisotopic (exact) mass is 291 g/mol. The Morgan fingerprint density at radius 2 is 2.14 bits per heavy atom. The number of hydrogen-bond donors (Lipinski definition) is 2. The topological polar surface area (TPSA) is 84.7 Å². The van der Waals surface area contributed by atoms with E-state index in [0.717, 1.165) is 12.0 Å². The molecule has 0 unspecified atom stereocenters. The molecule has 3 N–H and O–H groups in total. The molecule has 0 spiro atoms. The molecule has 6 heteroatoms. The third-order valence-corrected chi connectivity index (χ3v) is 3.41. The van der Waals surface area contributed by atoms with Gasteiger partial charge >= 0.3 is 6.09 Å². The van der Waals surface area contributed by atoms with E-state index in [2.05, 4.69) is 5.32 Å². The maximum atomic E-state index is 12.0. The Hall–Kier alpha value is -2.08. The SMILES string of the molecule is C[C@H](N)C(=O)N[C@@H]1CCN(C(=O)OCc2ccccc2)C1. The molecule has 0 saturated carbocycles. The molecular formula is C15H21N3O3. The standard InChI is InChI=1S/C15H21N3O3/c1-11(16)14(19)17-13-7-8-18(9-13)15(20)21-10-12-5-3-2-4-6-12/h2-6,11,13H,7-10,16H2,1H3,(H,17,19)/t11-,13+/m0/s1. The van der Waals surface area contributed by atoms with Crippen molar-refractivity contribution in [2.45, 2.75) is 32.0 Å². The maximum Gasteiger partial charge on any atom is 0.410 e. The Balaban J connectivity index is 1.76. The van der Waals surface area contributed by atoms with E-state index in [1.165, 1.54) is 0 Å². The number of nitrogens with one attached hydrogen (secondary N) is 1. The number of amides is 2. The molecule has 2 atom stereocenters. The molecule has 6 nitrogen and oxygen atoms in total. The van der Waals surface area contributed by atoms with E-state index in [0.29, 0.717) is 13.1 Å². The fourth-order valence-corrected chi connectivity index (χ4v) is 2.19. The van der Waals surface area contributed by atoms with Gasteiger partial charge in [-0.1, -0.05) is 30.3 Å². The van der Waals surface area contributed by atoms with Crippen LogP contribution in [-0.2, 0) is 16.1 Å². The van der Waals surface area contributed by atoms with E-state index in [9.17, 15) is 9.59 Å². The summed E-state index contributed by atoms with van der Waals surface area (Å²) in [7, 11) is 0. The van der Waals surface area contributed by atoms with E-state index < -0.39 is 6.04 Å². The summed E-state index contributed by atoms with van der Waals surface area (Å²) < 4.78 is 5.26. The van der Waals surface area contributed by atoms with Gasteiger partial charge in [0, 0.05) is 19.1 Å². The molecule has 0 aromatic heterocycles. The van der Waals surface area contributed by atoms with E-state index >= 15 is 0 Å². The van der Waals surface area contributed by atoms with Crippen molar-refractivity contribution in [3.8, 4) is 0 Å². The molecule has 1 aromatic rings. The second-order valence-electron chi connectivity index (χ2n) is 5.27. The summed E-state index contributed by atoms with van der Waals surface area (Å²) in [5, 5.41) is 2.82. The fraction of sp³-hybridized carbons (Fsp3) is 0.467. The average Bonchev–Trinajstić information content (AvgIpc) is 2.94. The summed E-state index contributed by atoms with van der Waals surface area (Å²) in [6.45, 7) is 2.94.